The van der Waals surface area contributed by atoms with Gasteiger partial charge in [0.25, 0.3) is 0 Å². The fraction of sp³-hybridized carbons (Fsp3) is 0.417. The summed E-state index contributed by atoms with van der Waals surface area (Å²) >= 11 is 9.43. The van der Waals surface area contributed by atoms with Crippen molar-refractivity contribution in [3.8, 4) is 0 Å². The molecular weight excluding hydrogens is 302 g/mol. The van der Waals surface area contributed by atoms with Crippen molar-refractivity contribution in [3.63, 3.8) is 0 Å². The molecule has 17 heavy (non-hydrogen) atoms. The topological polar surface area (TPSA) is 41.6 Å². The summed E-state index contributed by atoms with van der Waals surface area (Å²) < 4.78 is 0.881. The zero-order valence-electron chi connectivity index (χ0n) is 9.66. The van der Waals surface area contributed by atoms with E-state index in [0.29, 0.717) is 17.0 Å². The minimum absolute atomic E-state index is 0.369. The fourth-order valence-corrected chi connectivity index (χ4v) is 2.56. The number of anilines is 1. The average molecular weight is 317 g/mol. The lowest BCUT2D eigenvalue weighted by Crippen LogP contribution is -2.40. The lowest BCUT2D eigenvalue weighted by Gasteiger charge is -2.26. The van der Waals surface area contributed by atoms with Gasteiger partial charge < -0.3 is 10.6 Å². The van der Waals surface area contributed by atoms with Gasteiger partial charge in [-0.15, -0.1) is 0 Å². The van der Waals surface area contributed by atoms with Crippen molar-refractivity contribution in [2.45, 2.75) is 25.8 Å². The fourth-order valence-electron chi connectivity index (χ4n) is 2.08. The Bertz CT molecular complexity index is 447. The second kappa shape index (κ2) is 5.27. The number of hydrogen-bond acceptors (Lipinski definition) is 3. The molecule has 0 saturated carbocycles. The molecule has 0 radical (unpaired) electrons. The molecule has 1 aromatic carbocycles. The van der Waals surface area contributed by atoms with E-state index in [0.717, 1.165) is 29.5 Å². The molecule has 5 heteroatoms. The van der Waals surface area contributed by atoms with E-state index in [4.69, 9.17) is 17.3 Å². The van der Waals surface area contributed by atoms with Gasteiger partial charge in [0, 0.05) is 10.2 Å². The first-order valence-electron chi connectivity index (χ1n) is 5.67. The first-order valence-corrected chi connectivity index (χ1v) is 6.84. The van der Waals surface area contributed by atoms with Crippen LogP contribution >= 0.6 is 27.5 Å². The number of hydrogen-bond donors (Lipinski definition) is 1. The van der Waals surface area contributed by atoms with Crippen molar-refractivity contribution in [1.29, 1.82) is 0 Å². The zero-order chi connectivity index (χ0) is 12.4. The van der Waals surface area contributed by atoms with E-state index in [9.17, 15) is 0 Å². The van der Waals surface area contributed by atoms with Gasteiger partial charge in [-0.25, -0.2) is 0 Å². The van der Waals surface area contributed by atoms with Crippen LogP contribution in [0.3, 0.4) is 0 Å². The summed E-state index contributed by atoms with van der Waals surface area (Å²) in [6.07, 6.45) is 2.21. The SMILES string of the molecule is CCCC1CN=C(N)N1c1ccc(Cl)c(Br)c1. The van der Waals surface area contributed by atoms with Crippen LogP contribution in [-0.4, -0.2) is 18.5 Å². The minimum Gasteiger partial charge on any atom is -0.370 e. The Hall–Kier alpha value is -0.740. The number of aliphatic imine (C=N–C) groups is 1. The van der Waals surface area contributed by atoms with E-state index in [1.807, 2.05) is 18.2 Å². The predicted molar refractivity (Wildman–Crippen MR) is 76.8 cm³/mol. The monoisotopic (exact) mass is 315 g/mol. The van der Waals surface area contributed by atoms with Crippen molar-refractivity contribution < 1.29 is 0 Å². The van der Waals surface area contributed by atoms with Crippen LogP contribution in [0.5, 0.6) is 0 Å². The Labute approximate surface area is 115 Å². The van der Waals surface area contributed by atoms with Crippen molar-refractivity contribution in [3.05, 3.63) is 27.7 Å². The third kappa shape index (κ3) is 2.58. The van der Waals surface area contributed by atoms with Crippen LogP contribution in [0.15, 0.2) is 27.7 Å². The minimum atomic E-state index is 0.369. The van der Waals surface area contributed by atoms with Crippen LogP contribution in [0.2, 0.25) is 5.02 Å². The lowest BCUT2D eigenvalue weighted by atomic mass is 10.1. The molecule has 2 rings (SSSR count). The van der Waals surface area contributed by atoms with E-state index >= 15 is 0 Å². The third-order valence-corrected chi connectivity index (χ3v) is 4.09. The molecule has 0 fully saturated rings. The summed E-state index contributed by atoms with van der Waals surface area (Å²) in [6.45, 7) is 2.95. The average Bonchev–Trinajstić information content (AvgIpc) is 2.65. The molecule has 1 unspecified atom stereocenters. The molecule has 0 aliphatic carbocycles. The highest BCUT2D eigenvalue weighted by molar-refractivity contribution is 9.10. The number of guanidine groups is 1. The first kappa shape index (κ1) is 12.7. The summed E-state index contributed by atoms with van der Waals surface area (Å²) in [6, 6.07) is 6.20. The maximum absolute atomic E-state index is 5.99. The van der Waals surface area contributed by atoms with Gasteiger partial charge in [0.1, 0.15) is 0 Å². The second-order valence-electron chi connectivity index (χ2n) is 4.11. The molecule has 1 aromatic rings. The Morgan fingerprint density at radius 3 is 3.00 bits per heavy atom. The van der Waals surface area contributed by atoms with E-state index < -0.39 is 0 Å². The summed E-state index contributed by atoms with van der Waals surface area (Å²) in [7, 11) is 0. The number of rotatable bonds is 3. The molecular formula is C12H15BrClN3. The van der Waals surface area contributed by atoms with Gasteiger partial charge in [0.05, 0.1) is 17.6 Å². The third-order valence-electron chi connectivity index (χ3n) is 2.88. The van der Waals surface area contributed by atoms with Gasteiger partial charge in [-0.3, -0.25) is 4.99 Å². The molecule has 0 bridgehead atoms. The largest absolute Gasteiger partial charge is 0.370 e. The van der Waals surface area contributed by atoms with Crippen LogP contribution in [-0.2, 0) is 0 Å². The van der Waals surface area contributed by atoms with Gasteiger partial charge in [0.2, 0.25) is 0 Å². The van der Waals surface area contributed by atoms with Gasteiger partial charge in [-0.1, -0.05) is 24.9 Å². The number of halogens is 2. The van der Waals surface area contributed by atoms with Crippen LogP contribution in [0.4, 0.5) is 5.69 Å². The Kier molecular flexibility index (Phi) is 3.94. The Morgan fingerprint density at radius 2 is 2.35 bits per heavy atom. The van der Waals surface area contributed by atoms with E-state index in [1.165, 1.54) is 0 Å². The van der Waals surface area contributed by atoms with Crippen LogP contribution in [0.25, 0.3) is 0 Å². The predicted octanol–water partition coefficient (Wildman–Crippen LogP) is 3.41. The van der Waals surface area contributed by atoms with Gasteiger partial charge in [0.15, 0.2) is 5.96 Å². The summed E-state index contributed by atoms with van der Waals surface area (Å²) in [5, 5.41) is 0.704. The molecule has 0 spiro atoms. The molecule has 2 N–H and O–H groups in total. The maximum Gasteiger partial charge on any atom is 0.196 e. The van der Waals surface area contributed by atoms with Gasteiger partial charge >= 0.3 is 0 Å². The summed E-state index contributed by atoms with van der Waals surface area (Å²) in [4.78, 5) is 6.41. The molecule has 3 nitrogen and oxygen atoms in total. The van der Waals surface area contributed by atoms with Crippen molar-refractivity contribution >= 4 is 39.2 Å². The molecule has 1 aliphatic heterocycles. The molecule has 1 atom stereocenters. The van der Waals surface area contributed by atoms with Crippen molar-refractivity contribution in [2.75, 3.05) is 11.4 Å². The second-order valence-corrected chi connectivity index (χ2v) is 5.37. The number of benzene rings is 1. The molecule has 0 amide bonds. The quantitative estimate of drug-likeness (QED) is 0.928. The van der Waals surface area contributed by atoms with Crippen molar-refractivity contribution in [2.24, 2.45) is 10.7 Å². The summed E-state index contributed by atoms with van der Waals surface area (Å²) in [5.74, 6) is 0.595. The highest BCUT2D eigenvalue weighted by Crippen LogP contribution is 2.30. The van der Waals surface area contributed by atoms with Crippen LogP contribution < -0.4 is 10.6 Å². The molecule has 0 saturated heterocycles. The zero-order valence-corrected chi connectivity index (χ0v) is 12.0. The lowest BCUT2D eigenvalue weighted by molar-refractivity contribution is 0.632. The first-order chi connectivity index (χ1) is 8.13. The normalized spacial score (nSPS) is 19.6. The number of nitrogens with two attached hydrogens (primary N) is 1. The standard InChI is InChI=1S/C12H15BrClN3/c1-2-3-9-7-16-12(15)17(9)8-4-5-11(14)10(13)6-8/h4-6,9H,2-3,7H2,1H3,(H2,15,16). The van der Waals surface area contributed by atoms with Gasteiger partial charge in [-0.2, -0.15) is 0 Å². The van der Waals surface area contributed by atoms with Crippen LogP contribution in [0.1, 0.15) is 19.8 Å². The van der Waals surface area contributed by atoms with E-state index in [2.05, 4.69) is 32.7 Å². The van der Waals surface area contributed by atoms with Crippen LogP contribution in [0, 0.1) is 0 Å². The Balaban J connectivity index is 2.29. The molecule has 1 aliphatic rings. The van der Waals surface area contributed by atoms with Gasteiger partial charge in [-0.05, 0) is 40.5 Å². The smallest absolute Gasteiger partial charge is 0.196 e. The summed E-state index contributed by atoms with van der Waals surface area (Å²) in [5.41, 5.74) is 6.99. The molecule has 1 heterocycles. The molecule has 0 aromatic heterocycles. The van der Waals surface area contributed by atoms with Crippen molar-refractivity contribution in [1.82, 2.24) is 0 Å². The molecule has 92 valence electrons. The Morgan fingerprint density at radius 1 is 1.59 bits per heavy atom. The maximum atomic E-state index is 5.99. The van der Waals surface area contributed by atoms with E-state index in [1.54, 1.807) is 0 Å². The highest BCUT2D eigenvalue weighted by atomic mass is 79.9. The highest BCUT2D eigenvalue weighted by Gasteiger charge is 2.26. The number of nitrogens with zero attached hydrogens (tertiary/aromatic N) is 2. The van der Waals surface area contributed by atoms with E-state index in [-0.39, 0.29) is 0 Å².